The lowest BCUT2D eigenvalue weighted by molar-refractivity contribution is -0.129. The molecule has 0 aliphatic carbocycles. The van der Waals surface area contributed by atoms with E-state index >= 15 is 0 Å². The molecule has 1 fully saturated rings. The molecule has 0 radical (unpaired) electrons. The summed E-state index contributed by atoms with van der Waals surface area (Å²) in [5, 5.41) is 3.11. The molecular weight excluding hydrogens is 243 g/mol. The number of halogens is 3. The molecular formula is C9H18F3NO2S. The molecule has 0 aromatic heterocycles. The second kappa shape index (κ2) is 5.35. The molecule has 0 unspecified atom stereocenters. The van der Waals surface area contributed by atoms with Gasteiger partial charge in [-0.05, 0) is 25.8 Å². The maximum absolute atomic E-state index is 11.9. The number of sulfone groups is 1. The molecule has 1 heterocycles. The average Bonchev–Trinajstić information content (AvgIpc) is 2.64. The zero-order valence-electron chi connectivity index (χ0n) is 8.89. The van der Waals surface area contributed by atoms with Crippen molar-refractivity contribution in [3.05, 3.63) is 0 Å². The highest BCUT2D eigenvalue weighted by atomic mass is 32.2. The van der Waals surface area contributed by atoms with Crippen LogP contribution in [0.15, 0.2) is 0 Å². The lowest BCUT2D eigenvalue weighted by Crippen LogP contribution is -2.26. The zero-order valence-corrected chi connectivity index (χ0v) is 9.70. The van der Waals surface area contributed by atoms with Crippen molar-refractivity contribution < 1.29 is 23.0 Å². The van der Waals surface area contributed by atoms with Gasteiger partial charge in [0.05, 0.1) is 17.9 Å². The molecule has 1 saturated heterocycles. The summed E-state index contributed by atoms with van der Waals surface area (Å²) < 4.78 is 58.2. The van der Waals surface area contributed by atoms with Gasteiger partial charge in [-0.2, -0.15) is 13.2 Å². The van der Waals surface area contributed by atoms with E-state index in [1.165, 1.54) is 0 Å². The maximum Gasteiger partial charge on any atom is 0.390 e. The SMILES string of the molecule is O=S(=O)(CC[C@H]1CCCN1)CCC(F)(F)F.[HH]. The van der Waals surface area contributed by atoms with E-state index in [9.17, 15) is 21.6 Å². The molecule has 0 bridgehead atoms. The van der Waals surface area contributed by atoms with Crippen LogP contribution in [0.1, 0.15) is 27.1 Å². The summed E-state index contributed by atoms with van der Waals surface area (Å²) in [4.78, 5) is 0. The van der Waals surface area contributed by atoms with E-state index in [4.69, 9.17) is 0 Å². The van der Waals surface area contributed by atoms with Crippen LogP contribution in [0, 0.1) is 0 Å². The molecule has 0 amide bonds. The average molecular weight is 261 g/mol. The summed E-state index contributed by atoms with van der Waals surface area (Å²) in [5.74, 6) is -0.941. The summed E-state index contributed by atoms with van der Waals surface area (Å²) in [6.45, 7) is 0.868. The molecule has 0 saturated carbocycles. The van der Waals surface area contributed by atoms with Gasteiger partial charge in [0.1, 0.15) is 0 Å². The number of hydrogen-bond donors (Lipinski definition) is 1. The van der Waals surface area contributed by atoms with E-state index in [2.05, 4.69) is 5.32 Å². The Bertz CT molecular complexity index is 313. The molecule has 1 rings (SSSR count). The van der Waals surface area contributed by atoms with E-state index in [1.54, 1.807) is 0 Å². The second-order valence-corrected chi connectivity index (χ2v) is 6.40. The monoisotopic (exact) mass is 261 g/mol. The van der Waals surface area contributed by atoms with E-state index in [0.29, 0.717) is 6.42 Å². The van der Waals surface area contributed by atoms with Gasteiger partial charge in [-0.25, -0.2) is 8.42 Å². The van der Waals surface area contributed by atoms with Gasteiger partial charge in [0.2, 0.25) is 0 Å². The van der Waals surface area contributed by atoms with Crippen LogP contribution in [0.4, 0.5) is 13.2 Å². The molecule has 1 aliphatic rings. The molecule has 98 valence electrons. The third-order valence-corrected chi connectivity index (χ3v) is 4.32. The Morgan fingerprint density at radius 2 is 2.00 bits per heavy atom. The van der Waals surface area contributed by atoms with Crippen LogP contribution in [0.5, 0.6) is 0 Å². The van der Waals surface area contributed by atoms with Crippen molar-refractivity contribution in [1.82, 2.24) is 5.32 Å². The number of rotatable bonds is 5. The van der Waals surface area contributed by atoms with Crippen molar-refractivity contribution in [3.63, 3.8) is 0 Å². The van der Waals surface area contributed by atoms with Crippen LogP contribution in [0.2, 0.25) is 0 Å². The molecule has 0 aromatic rings. The van der Waals surface area contributed by atoms with Crippen molar-refractivity contribution in [2.24, 2.45) is 0 Å². The lowest BCUT2D eigenvalue weighted by atomic mass is 10.2. The normalized spacial score (nSPS) is 22.6. The molecule has 0 aromatic carbocycles. The first-order valence-corrected chi connectivity index (χ1v) is 7.11. The fourth-order valence-electron chi connectivity index (χ4n) is 1.70. The number of hydrogen-bond acceptors (Lipinski definition) is 3. The summed E-state index contributed by atoms with van der Waals surface area (Å²) in [5.41, 5.74) is 0. The quantitative estimate of drug-likeness (QED) is 0.820. The predicted molar refractivity (Wildman–Crippen MR) is 57.1 cm³/mol. The fraction of sp³-hybridized carbons (Fsp3) is 1.00. The molecule has 0 spiro atoms. The van der Waals surface area contributed by atoms with Gasteiger partial charge in [0.25, 0.3) is 0 Å². The third kappa shape index (κ3) is 5.69. The second-order valence-electron chi connectivity index (χ2n) is 4.10. The Balaban J connectivity index is 0.00000256. The highest BCUT2D eigenvalue weighted by Gasteiger charge is 2.30. The van der Waals surface area contributed by atoms with Gasteiger partial charge >= 0.3 is 6.18 Å². The summed E-state index contributed by atoms with van der Waals surface area (Å²) >= 11 is 0. The third-order valence-electron chi connectivity index (χ3n) is 2.64. The van der Waals surface area contributed by atoms with Gasteiger partial charge in [-0.1, -0.05) is 0 Å². The molecule has 1 atom stereocenters. The number of alkyl halides is 3. The first-order chi connectivity index (χ1) is 7.29. The Kier molecular flexibility index (Phi) is 4.61. The predicted octanol–water partition coefficient (Wildman–Crippen LogP) is 1.74. The minimum absolute atomic E-state index is 0. The minimum atomic E-state index is -4.39. The highest BCUT2D eigenvalue weighted by Crippen LogP contribution is 2.20. The first kappa shape index (κ1) is 13.8. The van der Waals surface area contributed by atoms with E-state index in [0.717, 1.165) is 19.4 Å². The van der Waals surface area contributed by atoms with E-state index in [-0.39, 0.29) is 13.2 Å². The van der Waals surface area contributed by atoms with Crippen molar-refractivity contribution >= 4 is 9.84 Å². The summed E-state index contributed by atoms with van der Waals surface area (Å²) in [6.07, 6.45) is -3.30. The van der Waals surface area contributed by atoms with Crippen LogP contribution >= 0.6 is 0 Å². The van der Waals surface area contributed by atoms with Gasteiger partial charge in [-0.3, -0.25) is 0 Å². The van der Waals surface area contributed by atoms with Crippen LogP contribution < -0.4 is 5.32 Å². The van der Waals surface area contributed by atoms with Crippen LogP contribution in [0.25, 0.3) is 0 Å². The molecule has 16 heavy (non-hydrogen) atoms. The Hall–Kier alpha value is -0.300. The van der Waals surface area contributed by atoms with Crippen molar-refractivity contribution in [2.45, 2.75) is 37.9 Å². The summed E-state index contributed by atoms with van der Waals surface area (Å²) in [6, 6.07) is 0.153. The van der Waals surface area contributed by atoms with Gasteiger partial charge in [-0.15, -0.1) is 0 Å². The van der Waals surface area contributed by atoms with Gasteiger partial charge < -0.3 is 5.32 Å². The molecule has 7 heteroatoms. The fourth-order valence-corrected chi connectivity index (χ4v) is 3.09. The van der Waals surface area contributed by atoms with Crippen LogP contribution in [-0.2, 0) is 9.84 Å². The smallest absolute Gasteiger partial charge is 0.314 e. The van der Waals surface area contributed by atoms with E-state index < -0.39 is 28.2 Å². The van der Waals surface area contributed by atoms with Gasteiger partial charge in [0, 0.05) is 7.47 Å². The van der Waals surface area contributed by atoms with Crippen molar-refractivity contribution in [2.75, 3.05) is 18.1 Å². The van der Waals surface area contributed by atoms with Gasteiger partial charge in [0.15, 0.2) is 9.84 Å². The first-order valence-electron chi connectivity index (χ1n) is 5.29. The van der Waals surface area contributed by atoms with Crippen LogP contribution in [0.3, 0.4) is 0 Å². The largest absolute Gasteiger partial charge is 0.390 e. The Labute approximate surface area is 94.8 Å². The highest BCUT2D eigenvalue weighted by molar-refractivity contribution is 7.91. The van der Waals surface area contributed by atoms with Crippen LogP contribution in [-0.4, -0.2) is 38.7 Å². The Morgan fingerprint density at radius 3 is 2.50 bits per heavy atom. The molecule has 1 N–H and O–H groups in total. The lowest BCUT2D eigenvalue weighted by Gasteiger charge is -2.11. The zero-order chi connectivity index (χ0) is 12.2. The summed E-state index contributed by atoms with van der Waals surface area (Å²) in [7, 11) is -3.56. The number of nitrogens with one attached hydrogen (secondary N) is 1. The standard InChI is InChI=1S/C9H16F3NO2S.H2/c10-9(11,12)4-7-16(14,15)6-3-8-2-1-5-13-8;/h8,13H,1-7H2;1H/t8-;/m1./s1. The molecule has 1 aliphatic heterocycles. The van der Waals surface area contributed by atoms with Crippen molar-refractivity contribution in [1.29, 1.82) is 0 Å². The Morgan fingerprint density at radius 1 is 1.31 bits per heavy atom. The van der Waals surface area contributed by atoms with Crippen molar-refractivity contribution in [3.8, 4) is 0 Å². The van der Waals surface area contributed by atoms with E-state index in [1.807, 2.05) is 0 Å². The minimum Gasteiger partial charge on any atom is -0.314 e. The molecule has 3 nitrogen and oxygen atoms in total. The maximum atomic E-state index is 11.9. The topological polar surface area (TPSA) is 46.2 Å².